The Morgan fingerprint density at radius 2 is 1.60 bits per heavy atom. The van der Waals surface area contributed by atoms with Crippen molar-refractivity contribution in [3.8, 4) is 0 Å². The van der Waals surface area contributed by atoms with E-state index in [4.69, 9.17) is 0 Å². The molecule has 2 aromatic rings. The van der Waals surface area contributed by atoms with Gasteiger partial charge in [-0.3, -0.25) is 0 Å². The summed E-state index contributed by atoms with van der Waals surface area (Å²) in [7, 11) is 0. The fraction of sp³-hybridized carbons (Fsp3) is 0.188. The molecule has 0 atom stereocenters. The second-order valence-corrected chi connectivity index (χ2v) is 4.79. The van der Waals surface area contributed by atoms with Crippen molar-refractivity contribution in [1.29, 1.82) is 0 Å². The van der Waals surface area contributed by atoms with Crippen LogP contribution in [0.25, 0.3) is 0 Å². The topological polar surface area (TPSA) is 3.01 Å². The van der Waals surface area contributed by atoms with Crippen molar-refractivity contribution in [1.82, 2.24) is 0 Å². The summed E-state index contributed by atoms with van der Waals surface area (Å²) in [4.78, 5) is 0. The number of fused-ring (bicyclic) bond motifs is 1. The maximum atomic E-state index is 13.1. The largest absolute Gasteiger partial charge is 0.422 e. The zero-order chi connectivity index (χ0) is 14.2. The van der Waals surface area contributed by atoms with E-state index in [9.17, 15) is 13.2 Å². The molecule has 1 aliphatic heterocycles. The van der Waals surface area contributed by atoms with E-state index in [-0.39, 0.29) is 5.69 Å². The molecule has 4 heteroatoms. The van der Waals surface area contributed by atoms with Gasteiger partial charge in [-0.25, -0.2) is 0 Å². The van der Waals surface area contributed by atoms with Crippen LogP contribution in [0.5, 0.6) is 0 Å². The minimum absolute atomic E-state index is 0.217. The van der Waals surface area contributed by atoms with Crippen molar-refractivity contribution in [2.75, 3.05) is 6.54 Å². The number of benzene rings is 2. The summed E-state index contributed by atoms with van der Waals surface area (Å²) >= 11 is 0. The molecule has 1 nitrogen and oxygen atoms in total. The Hall–Kier alpha value is -2.10. The lowest BCUT2D eigenvalue weighted by atomic mass is 10.0. The van der Waals surface area contributed by atoms with Crippen molar-refractivity contribution in [2.24, 2.45) is 0 Å². The fourth-order valence-corrected chi connectivity index (χ4v) is 2.51. The number of nitrogens with zero attached hydrogens (tertiary/aromatic N) is 1. The lowest BCUT2D eigenvalue weighted by Gasteiger charge is -2.15. The lowest BCUT2D eigenvalue weighted by molar-refractivity contribution is -0.438. The smallest absolute Gasteiger partial charge is 0.197 e. The van der Waals surface area contributed by atoms with Crippen LogP contribution >= 0.6 is 0 Å². The number of rotatable bonds is 1. The predicted octanol–water partition coefficient (Wildman–Crippen LogP) is 4.02. The molecule has 0 aliphatic carbocycles. The third-order valence-electron chi connectivity index (χ3n) is 3.49. The van der Waals surface area contributed by atoms with Crippen LogP contribution in [0.15, 0.2) is 48.5 Å². The average Bonchev–Trinajstić information content (AvgIpc) is 2.46. The Morgan fingerprint density at radius 3 is 2.40 bits per heavy atom. The molecular weight excluding hydrogens is 263 g/mol. The van der Waals surface area contributed by atoms with Crippen LogP contribution in [0.1, 0.15) is 16.7 Å². The van der Waals surface area contributed by atoms with Crippen molar-refractivity contribution in [3.63, 3.8) is 0 Å². The summed E-state index contributed by atoms with van der Waals surface area (Å²) < 4.78 is 40.9. The van der Waals surface area contributed by atoms with Gasteiger partial charge in [-0.1, -0.05) is 30.3 Å². The molecule has 3 rings (SSSR count). The lowest BCUT2D eigenvalue weighted by Crippen LogP contribution is -2.21. The zero-order valence-electron chi connectivity index (χ0n) is 10.7. The van der Waals surface area contributed by atoms with Crippen molar-refractivity contribution in [3.05, 3.63) is 65.2 Å². The van der Waals surface area contributed by atoms with Crippen molar-refractivity contribution < 1.29 is 17.7 Å². The molecule has 0 amide bonds. The van der Waals surface area contributed by atoms with Gasteiger partial charge in [-0.2, -0.15) is 17.7 Å². The van der Waals surface area contributed by atoms with Gasteiger partial charge in [0.2, 0.25) is 5.69 Å². The molecule has 0 N–H and O–H groups in total. The maximum absolute atomic E-state index is 13.1. The molecule has 0 aromatic heterocycles. The van der Waals surface area contributed by atoms with Gasteiger partial charge in [-0.15, -0.1) is 0 Å². The number of alkyl halides is 3. The Morgan fingerprint density at radius 1 is 0.900 bits per heavy atom. The van der Waals surface area contributed by atoms with E-state index in [2.05, 4.69) is 0 Å². The minimum atomic E-state index is -4.33. The Labute approximate surface area is 115 Å². The average molecular weight is 276 g/mol. The van der Waals surface area contributed by atoms with Crippen LogP contribution in [0, 0.1) is 0 Å². The van der Waals surface area contributed by atoms with Gasteiger partial charge in [0, 0.05) is 18.1 Å². The van der Waals surface area contributed by atoms with Crippen LogP contribution in [0.3, 0.4) is 0 Å². The highest BCUT2D eigenvalue weighted by atomic mass is 19.4. The second-order valence-electron chi connectivity index (χ2n) is 4.79. The Bertz CT molecular complexity index is 671. The molecule has 1 aliphatic rings. The molecule has 102 valence electrons. The number of halogens is 3. The van der Waals surface area contributed by atoms with Crippen LogP contribution in [-0.4, -0.2) is 17.3 Å². The minimum Gasteiger partial charge on any atom is -0.197 e. The van der Waals surface area contributed by atoms with Gasteiger partial charge in [0.1, 0.15) is 5.56 Å². The summed E-state index contributed by atoms with van der Waals surface area (Å²) in [6, 6.07) is 13.5. The highest BCUT2D eigenvalue weighted by Crippen LogP contribution is 2.36. The summed E-state index contributed by atoms with van der Waals surface area (Å²) in [5.74, 6) is 0. The molecule has 0 spiro atoms. The summed E-state index contributed by atoms with van der Waals surface area (Å²) in [5, 5.41) is 0. The van der Waals surface area contributed by atoms with E-state index in [1.54, 1.807) is 16.9 Å². The second kappa shape index (κ2) is 4.78. The van der Waals surface area contributed by atoms with E-state index in [1.165, 1.54) is 17.7 Å². The first-order valence-corrected chi connectivity index (χ1v) is 6.41. The first-order valence-electron chi connectivity index (χ1n) is 6.41. The van der Waals surface area contributed by atoms with E-state index < -0.39 is 11.7 Å². The van der Waals surface area contributed by atoms with Crippen LogP contribution in [0.2, 0.25) is 0 Å². The van der Waals surface area contributed by atoms with Gasteiger partial charge in [-0.05, 0) is 17.7 Å². The molecule has 0 saturated heterocycles. The SMILES string of the molecule is FC(F)(F)c1ccccc1[N+]1=Cc2ccccc2CC1. The van der Waals surface area contributed by atoms with Gasteiger partial charge in [0.25, 0.3) is 0 Å². The van der Waals surface area contributed by atoms with Crippen LogP contribution in [-0.2, 0) is 12.6 Å². The Kier molecular flexibility index (Phi) is 3.08. The number of para-hydroxylation sites is 1. The van der Waals surface area contributed by atoms with E-state index >= 15 is 0 Å². The zero-order valence-corrected chi connectivity index (χ0v) is 10.7. The summed E-state index contributed by atoms with van der Waals surface area (Å²) in [5.41, 5.74) is 1.79. The van der Waals surface area contributed by atoms with Crippen LogP contribution in [0.4, 0.5) is 18.9 Å². The molecule has 1 heterocycles. The van der Waals surface area contributed by atoms with Gasteiger partial charge < -0.3 is 0 Å². The van der Waals surface area contributed by atoms with E-state index in [0.717, 1.165) is 18.1 Å². The molecule has 0 radical (unpaired) electrons. The maximum Gasteiger partial charge on any atom is 0.422 e. The number of hydrogen-bond donors (Lipinski definition) is 0. The third-order valence-corrected chi connectivity index (χ3v) is 3.49. The van der Waals surface area contributed by atoms with Gasteiger partial charge in [0.15, 0.2) is 12.8 Å². The quantitative estimate of drug-likeness (QED) is 0.692. The molecule has 2 aromatic carbocycles. The van der Waals surface area contributed by atoms with E-state index in [1.807, 2.05) is 24.3 Å². The van der Waals surface area contributed by atoms with Gasteiger partial charge in [0.05, 0.1) is 0 Å². The Balaban J connectivity index is 2.10. The molecule has 0 unspecified atom stereocenters. The molecule has 0 fully saturated rings. The molecular formula is C16H13F3N+. The van der Waals surface area contributed by atoms with E-state index in [0.29, 0.717) is 6.54 Å². The highest BCUT2D eigenvalue weighted by Gasteiger charge is 2.37. The third kappa shape index (κ3) is 2.33. The fourth-order valence-electron chi connectivity index (χ4n) is 2.51. The highest BCUT2D eigenvalue weighted by molar-refractivity contribution is 5.79. The first kappa shape index (κ1) is 12.9. The van der Waals surface area contributed by atoms with Crippen molar-refractivity contribution >= 4 is 11.9 Å². The molecule has 0 bridgehead atoms. The van der Waals surface area contributed by atoms with Gasteiger partial charge >= 0.3 is 6.18 Å². The van der Waals surface area contributed by atoms with Crippen LogP contribution < -0.4 is 0 Å². The first-order chi connectivity index (χ1) is 9.55. The predicted molar refractivity (Wildman–Crippen MR) is 71.5 cm³/mol. The molecule has 20 heavy (non-hydrogen) atoms. The normalized spacial score (nSPS) is 14.7. The monoisotopic (exact) mass is 276 g/mol. The standard InChI is InChI=1S/C16H13F3N/c17-16(18,19)14-7-3-4-8-15(14)20-10-9-12-5-1-2-6-13(12)11-20/h1-8,11H,9-10H2/q+1. The number of hydrogen-bond acceptors (Lipinski definition) is 0. The summed E-state index contributed by atoms with van der Waals surface area (Å²) in [6.45, 7) is 0.560. The summed E-state index contributed by atoms with van der Waals surface area (Å²) in [6.07, 6.45) is -1.79. The van der Waals surface area contributed by atoms with Crippen molar-refractivity contribution in [2.45, 2.75) is 12.6 Å². The molecule has 0 saturated carbocycles.